The standard InChI is InChI=1S/C18H17NO3S2/c20-24-21-15-9-5-8-14(18(15)22-24)19-12-6-1-3-10-16(12)23-17-11-4-2-7-13(17)19/h1-4,6-7,10-11,14-15,18H,5,8-9H2. The van der Waals surface area contributed by atoms with E-state index in [-0.39, 0.29) is 18.2 Å². The number of hydrogen-bond donors (Lipinski definition) is 0. The quantitative estimate of drug-likeness (QED) is 0.763. The first-order valence-electron chi connectivity index (χ1n) is 8.22. The lowest BCUT2D eigenvalue weighted by Crippen LogP contribution is -2.49. The number of nitrogens with zero attached hydrogens (tertiary/aromatic N) is 1. The highest BCUT2D eigenvalue weighted by Crippen LogP contribution is 2.51. The average Bonchev–Trinajstić information content (AvgIpc) is 3.00. The summed E-state index contributed by atoms with van der Waals surface area (Å²) in [5.41, 5.74) is 2.40. The summed E-state index contributed by atoms with van der Waals surface area (Å²) in [7, 11) is 0. The van der Waals surface area contributed by atoms with Gasteiger partial charge in [0, 0.05) is 9.79 Å². The van der Waals surface area contributed by atoms with Crippen molar-refractivity contribution in [3.63, 3.8) is 0 Å². The minimum absolute atomic E-state index is 0.0708. The fraction of sp³-hybridized carbons (Fsp3) is 0.333. The molecule has 5 rings (SSSR count). The van der Waals surface area contributed by atoms with Crippen molar-refractivity contribution in [2.45, 2.75) is 47.3 Å². The minimum Gasteiger partial charge on any atom is -0.334 e. The minimum atomic E-state index is -1.62. The Morgan fingerprint density at radius 3 is 2.33 bits per heavy atom. The molecule has 3 aliphatic rings. The second kappa shape index (κ2) is 5.88. The third kappa shape index (κ3) is 2.32. The van der Waals surface area contributed by atoms with Crippen molar-refractivity contribution >= 4 is 34.5 Å². The van der Waals surface area contributed by atoms with Crippen LogP contribution in [-0.4, -0.2) is 22.5 Å². The van der Waals surface area contributed by atoms with Gasteiger partial charge in [0.05, 0.1) is 17.4 Å². The van der Waals surface area contributed by atoms with Crippen LogP contribution in [-0.2, 0) is 19.7 Å². The molecule has 4 atom stereocenters. The van der Waals surface area contributed by atoms with Crippen LogP contribution in [0.2, 0.25) is 0 Å². The molecule has 24 heavy (non-hydrogen) atoms. The fourth-order valence-electron chi connectivity index (χ4n) is 3.91. The summed E-state index contributed by atoms with van der Waals surface area (Å²) in [4.78, 5) is 4.88. The molecule has 0 aromatic heterocycles. The van der Waals surface area contributed by atoms with E-state index in [9.17, 15) is 4.21 Å². The molecular formula is C18H17NO3S2. The molecule has 0 bridgehead atoms. The second-order valence-corrected chi connectivity index (χ2v) is 8.18. The number of benzene rings is 2. The van der Waals surface area contributed by atoms with Gasteiger partial charge in [0.1, 0.15) is 12.2 Å². The van der Waals surface area contributed by atoms with Crippen LogP contribution in [0.5, 0.6) is 0 Å². The average molecular weight is 359 g/mol. The van der Waals surface area contributed by atoms with Gasteiger partial charge in [-0.2, -0.15) is 4.21 Å². The van der Waals surface area contributed by atoms with Crippen LogP contribution in [0, 0.1) is 0 Å². The summed E-state index contributed by atoms with van der Waals surface area (Å²) in [5.74, 6) is 0. The Labute approximate surface area is 148 Å². The zero-order valence-corrected chi connectivity index (χ0v) is 14.6. The van der Waals surface area contributed by atoms with Crippen LogP contribution in [0.4, 0.5) is 11.4 Å². The van der Waals surface area contributed by atoms with Crippen LogP contribution in [0.3, 0.4) is 0 Å². The van der Waals surface area contributed by atoms with E-state index < -0.39 is 11.4 Å². The molecular weight excluding hydrogens is 342 g/mol. The van der Waals surface area contributed by atoms with E-state index in [1.807, 2.05) is 0 Å². The van der Waals surface area contributed by atoms with Gasteiger partial charge >= 0.3 is 11.4 Å². The monoisotopic (exact) mass is 359 g/mol. The molecule has 0 radical (unpaired) electrons. The summed E-state index contributed by atoms with van der Waals surface area (Å²) in [6.45, 7) is 0. The van der Waals surface area contributed by atoms with Gasteiger partial charge < -0.3 is 4.90 Å². The fourth-order valence-corrected chi connectivity index (χ4v) is 5.87. The Balaban J connectivity index is 1.63. The van der Waals surface area contributed by atoms with Crippen molar-refractivity contribution in [3.8, 4) is 0 Å². The van der Waals surface area contributed by atoms with E-state index in [0.717, 1.165) is 19.3 Å². The lowest BCUT2D eigenvalue weighted by atomic mass is 9.88. The topological polar surface area (TPSA) is 38.8 Å². The summed E-state index contributed by atoms with van der Waals surface area (Å²) in [6, 6.07) is 17.1. The highest BCUT2D eigenvalue weighted by molar-refractivity contribution is 7.99. The molecule has 2 heterocycles. The number of rotatable bonds is 1. The van der Waals surface area contributed by atoms with Gasteiger partial charge in [-0.15, -0.1) is 0 Å². The maximum atomic E-state index is 11.8. The van der Waals surface area contributed by atoms with Crippen LogP contribution >= 0.6 is 11.8 Å². The second-order valence-electron chi connectivity index (χ2n) is 6.31. The Morgan fingerprint density at radius 1 is 0.958 bits per heavy atom. The zero-order valence-electron chi connectivity index (χ0n) is 13.0. The predicted molar refractivity (Wildman–Crippen MR) is 94.7 cm³/mol. The predicted octanol–water partition coefficient (Wildman–Crippen LogP) is 4.20. The molecule has 124 valence electrons. The van der Waals surface area contributed by atoms with Gasteiger partial charge in [-0.05, 0) is 43.5 Å². The van der Waals surface area contributed by atoms with E-state index in [2.05, 4.69) is 53.4 Å². The Morgan fingerprint density at radius 2 is 1.62 bits per heavy atom. The first-order valence-corrected chi connectivity index (χ1v) is 10.0. The number of anilines is 2. The SMILES string of the molecule is O=S1OC2CCCC(N3c4ccccc4Sc4ccccc43)C2O1. The molecule has 4 nitrogen and oxygen atoms in total. The van der Waals surface area contributed by atoms with Crippen molar-refractivity contribution in [2.75, 3.05) is 4.90 Å². The van der Waals surface area contributed by atoms with E-state index in [4.69, 9.17) is 8.37 Å². The highest BCUT2D eigenvalue weighted by atomic mass is 32.2. The Hall–Kier alpha value is -1.34. The largest absolute Gasteiger partial charge is 0.334 e. The molecule has 2 aromatic rings. The first-order chi connectivity index (χ1) is 11.8. The third-order valence-electron chi connectivity index (χ3n) is 4.93. The van der Waals surface area contributed by atoms with Crippen LogP contribution < -0.4 is 4.90 Å². The zero-order chi connectivity index (χ0) is 16.1. The van der Waals surface area contributed by atoms with Crippen molar-refractivity contribution in [3.05, 3.63) is 48.5 Å². The van der Waals surface area contributed by atoms with Gasteiger partial charge in [-0.1, -0.05) is 36.0 Å². The molecule has 0 amide bonds. The van der Waals surface area contributed by atoms with Gasteiger partial charge in [0.25, 0.3) is 0 Å². The summed E-state index contributed by atoms with van der Waals surface area (Å²) in [6.07, 6.45) is 2.76. The molecule has 2 aliphatic heterocycles. The highest BCUT2D eigenvalue weighted by Gasteiger charge is 2.47. The molecule has 1 saturated carbocycles. The Bertz CT molecular complexity index is 767. The summed E-state index contributed by atoms with van der Waals surface area (Å²) < 4.78 is 22.9. The van der Waals surface area contributed by atoms with E-state index in [1.165, 1.54) is 21.2 Å². The smallest absolute Gasteiger partial charge is 0.305 e. The number of fused-ring (bicyclic) bond motifs is 3. The molecule has 4 unspecified atom stereocenters. The molecule has 1 saturated heterocycles. The van der Waals surface area contributed by atoms with Crippen molar-refractivity contribution in [1.29, 1.82) is 0 Å². The van der Waals surface area contributed by atoms with Crippen molar-refractivity contribution in [1.82, 2.24) is 0 Å². The van der Waals surface area contributed by atoms with Gasteiger partial charge in [0.15, 0.2) is 0 Å². The lowest BCUT2D eigenvalue weighted by Gasteiger charge is -2.43. The van der Waals surface area contributed by atoms with Crippen molar-refractivity contribution in [2.24, 2.45) is 0 Å². The molecule has 2 fully saturated rings. The maximum Gasteiger partial charge on any atom is 0.305 e. The number of para-hydroxylation sites is 2. The molecule has 6 heteroatoms. The van der Waals surface area contributed by atoms with Crippen LogP contribution in [0.25, 0.3) is 0 Å². The van der Waals surface area contributed by atoms with Gasteiger partial charge in [-0.25, -0.2) is 0 Å². The summed E-state index contributed by atoms with van der Waals surface area (Å²) >= 11 is 0.187. The number of hydrogen-bond acceptors (Lipinski definition) is 5. The lowest BCUT2D eigenvalue weighted by molar-refractivity contribution is 0.0917. The molecule has 2 aromatic carbocycles. The molecule has 0 spiro atoms. The third-order valence-corrected chi connectivity index (χ3v) is 6.84. The molecule has 0 N–H and O–H groups in total. The van der Waals surface area contributed by atoms with E-state index in [0.29, 0.717) is 0 Å². The Kier molecular flexibility index (Phi) is 3.66. The normalized spacial score (nSPS) is 31.2. The molecule has 1 aliphatic carbocycles. The van der Waals surface area contributed by atoms with E-state index >= 15 is 0 Å². The van der Waals surface area contributed by atoms with Crippen LogP contribution in [0.15, 0.2) is 58.3 Å². The van der Waals surface area contributed by atoms with Gasteiger partial charge in [0.2, 0.25) is 0 Å². The van der Waals surface area contributed by atoms with Crippen molar-refractivity contribution < 1.29 is 12.6 Å². The maximum absolute atomic E-state index is 11.8. The van der Waals surface area contributed by atoms with E-state index in [1.54, 1.807) is 11.8 Å². The van der Waals surface area contributed by atoms with Gasteiger partial charge in [-0.3, -0.25) is 8.37 Å². The first kappa shape index (κ1) is 15.0. The van der Waals surface area contributed by atoms with Crippen LogP contribution in [0.1, 0.15) is 19.3 Å². The summed E-state index contributed by atoms with van der Waals surface area (Å²) in [5, 5.41) is 0.